The van der Waals surface area contributed by atoms with Gasteiger partial charge in [-0.1, -0.05) is 18.2 Å². The van der Waals surface area contributed by atoms with Crippen LogP contribution in [0.3, 0.4) is 0 Å². The van der Waals surface area contributed by atoms with Crippen LogP contribution in [0.25, 0.3) is 0 Å². The van der Waals surface area contributed by atoms with Crippen molar-refractivity contribution in [2.45, 2.75) is 6.92 Å². The second-order valence-electron chi connectivity index (χ2n) is 4.93. The Balaban J connectivity index is 1.89. The maximum absolute atomic E-state index is 5.70. The lowest BCUT2D eigenvalue weighted by molar-refractivity contribution is 0.525. The van der Waals surface area contributed by atoms with Crippen molar-refractivity contribution in [3.8, 4) is 0 Å². The van der Waals surface area contributed by atoms with E-state index in [1.54, 1.807) is 11.3 Å². The Hall–Kier alpha value is -2.66. The number of nitrogens with one attached hydrogen (secondary N) is 1. The SMILES string of the molecule is Cc1ccc(C2=Nc3ccccc3NC(c3cccs3)=N2)o1. The molecule has 0 unspecified atom stereocenters. The molecular weight excluding hydrogens is 294 g/mol. The third-order valence-electron chi connectivity index (χ3n) is 3.32. The number of nitrogens with zero attached hydrogens (tertiary/aromatic N) is 2. The van der Waals surface area contributed by atoms with Gasteiger partial charge in [-0.2, -0.15) is 0 Å². The number of furan rings is 1. The first-order valence-corrected chi connectivity index (χ1v) is 7.82. The van der Waals surface area contributed by atoms with Crippen LogP contribution in [-0.4, -0.2) is 11.7 Å². The number of amidine groups is 2. The van der Waals surface area contributed by atoms with E-state index in [9.17, 15) is 0 Å². The van der Waals surface area contributed by atoms with Crippen molar-refractivity contribution in [2.24, 2.45) is 9.98 Å². The minimum Gasteiger partial charge on any atom is -0.458 e. The molecule has 5 heteroatoms. The Morgan fingerprint density at radius 2 is 1.91 bits per heavy atom. The van der Waals surface area contributed by atoms with Gasteiger partial charge in [0.2, 0.25) is 0 Å². The molecule has 0 spiro atoms. The van der Waals surface area contributed by atoms with Gasteiger partial charge < -0.3 is 9.73 Å². The second-order valence-corrected chi connectivity index (χ2v) is 5.87. The number of fused-ring (bicyclic) bond motifs is 1. The van der Waals surface area contributed by atoms with Crippen LogP contribution in [0, 0.1) is 6.92 Å². The molecule has 0 radical (unpaired) electrons. The summed E-state index contributed by atoms with van der Waals surface area (Å²) in [6, 6.07) is 15.8. The Morgan fingerprint density at radius 3 is 2.68 bits per heavy atom. The Morgan fingerprint density at radius 1 is 1.00 bits per heavy atom. The third kappa shape index (κ3) is 2.35. The van der Waals surface area contributed by atoms with Gasteiger partial charge >= 0.3 is 0 Å². The fourth-order valence-electron chi connectivity index (χ4n) is 2.27. The van der Waals surface area contributed by atoms with E-state index >= 15 is 0 Å². The molecule has 1 aliphatic rings. The molecule has 0 aliphatic carbocycles. The molecule has 2 aromatic heterocycles. The maximum atomic E-state index is 5.70. The minimum absolute atomic E-state index is 0.578. The van der Waals surface area contributed by atoms with Crippen molar-refractivity contribution in [1.29, 1.82) is 0 Å². The predicted molar refractivity (Wildman–Crippen MR) is 90.6 cm³/mol. The Bertz CT molecular complexity index is 875. The van der Waals surface area contributed by atoms with Crippen LogP contribution in [0.4, 0.5) is 11.4 Å². The summed E-state index contributed by atoms with van der Waals surface area (Å²) < 4.78 is 5.70. The molecule has 0 fully saturated rings. The summed E-state index contributed by atoms with van der Waals surface area (Å²) in [6.45, 7) is 1.91. The van der Waals surface area contributed by atoms with Gasteiger partial charge in [0.1, 0.15) is 5.76 Å². The monoisotopic (exact) mass is 307 g/mol. The molecule has 3 heterocycles. The van der Waals surface area contributed by atoms with Crippen LogP contribution in [0.1, 0.15) is 16.4 Å². The lowest BCUT2D eigenvalue weighted by atomic mass is 10.2. The number of rotatable bonds is 2. The predicted octanol–water partition coefficient (Wildman–Crippen LogP) is 4.60. The van der Waals surface area contributed by atoms with Gasteiger partial charge in [-0.05, 0) is 42.6 Å². The average molecular weight is 307 g/mol. The highest BCUT2D eigenvalue weighted by molar-refractivity contribution is 7.12. The topological polar surface area (TPSA) is 49.9 Å². The van der Waals surface area contributed by atoms with Gasteiger partial charge in [0.05, 0.1) is 16.3 Å². The first kappa shape index (κ1) is 13.0. The summed E-state index contributed by atoms with van der Waals surface area (Å²) in [4.78, 5) is 10.4. The Kier molecular flexibility index (Phi) is 3.12. The summed E-state index contributed by atoms with van der Waals surface area (Å²) in [5, 5.41) is 5.40. The standard InChI is InChI=1S/C17H13N3OS/c1-11-8-9-14(21-11)16-18-12-5-2-3-6-13(12)19-17(20-16)15-7-4-10-22-15/h2-10H,1H3,(H,18,19,20). The van der Waals surface area contributed by atoms with Crippen molar-refractivity contribution in [3.05, 3.63) is 70.3 Å². The van der Waals surface area contributed by atoms with E-state index in [0.29, 0.717) is 11.6 Å². The van der Waals surface area contributed by atoms with E-state index in [0.717, 1.165) is 27.8 Å². The molecule has 0 amide bonds. The molecule has 0 saturated heterocycles. The summed E-state index contributed by atoms with van der Waals surface area (Å²) in [5.74, 6) is 2.88. The normalized spacial score (nSPS) is 13.7. The van der Waals surface area contributed by atoms with E-state index in [-0.39, 0.29) is 0 Å². The van der Waals surface area contributed by atoms with Gasteiger partial charge in [-0.15, -0.1) is 11.3 Å². The number of para-hydroxylation sites is 2. The van der Waals surface area contributed by atoms with E-state index in [2.05, 4.69) is 15.3 Å². The average Bonchev–Trinajstić information content (AvgIpc) is 3.15. The van der Waals surface area contributed by atoms with E-state index in [1.807, 2.05) is 60.8 Å². The van der Waals surface area contributed by atoms with Crippen molar-refractivity contribution in [3.63, 3.8) is 0 Å². The van der Waals surface area contributed by atoms with Crippen LogP contribution >= 0.6 is 11.3 Å². The van der Waals surface area contributed by atoms with Crippen molar-refractivity contribution >= 4 is 34.4 Å². The van der Waals surface area contributed by atoms with Gasteiger partial charge in [-0.25, -0.2) is 9.98 Å². The van der Waals surface area contributed by atoms with E-state index < -0.39 is 0 Å². The van der Waals surface area contributed by atoms with Crippen LogP contribution in [0.5, 0.6) is 0 Å². The molecule has 1 aromatic carbocycles. The summed E-state index contributed by atoms with van der Waals surface area (Å²) in [5.41, 5.74) is 1.79. The summed E-state index contributed by atoms with van der Waals surface area (Å²) in [7, 11) is 0. The molecule has 4 rings (SSSR count). The van der Waals surface area contributed by atoms with Crippen molar-refractivity contribution < 1.29 is 4.42 Å². The molecule has 108 valence electrons. The molecule has 4 nitrogen and oxygen atoms in total. The van der Waals surface area contributed by atoms with E-state index in [1.165, 1.54) is 0 Å². The summed E-state index contributed by atoms with van der Waals surface area (Å²) >= 11 is 1.64. The first-order chi connectivity index (χ1) is 10.8. The van der Waals surface area contributed by atoms with Crippen molar-refractivity contribution in [2.75, 3.05) is 5.32 Å². The molecule has 0 atom stereocenters. The third-order valence-corrected chi connectivity index (χ3v) is 4.19. The van der Waals surface area contributed by atoms with Gasteiger partial charge in [0, 0.05) is 0 Å². The lowest BCUT2D eigenvalue weighted by Gasteiger charge is -2.07. The number of anilines is 1. The second kappa shape index (κ2) is 5.27. The van der Waals surface area contributed by atoms with Gasteiger partial charge in [0.25, 0.3) is 0 Å². The number of benzene rings is 1. The lowest BCUT2D eigenvalue weighted by Crippen LogP contribution is -2.13. The highest BCUT2D eigenvalue weighted by atomic mass is 32.1. The number of hydrogen-bond acceptors (Lipinski definition) is 5. The number of hydrogen-bond donors (Lipinski definition) is 1. The largest absolute Gasteiger partial charge is 0.458 e. The van der Waals surface area contributed by atoms with Crippen LogP contribution in [0.15, 0.2) is 68.3 Å². The number of aliphatic imine (C=N–C) groups is 2. The number of aryl methyl sites for hydroxylation is 1. The van der Waals surface area contributed by atoms with Crippen LogP contribution < -0.4 is 5.32 Å². The summed E-state index contributed by atoms with van der Waals surface area (Å²) in [6.07, 6.45) is 0. The fraction of sp³-hybridized carbons (Fsp3) is 0.0588. The molecule has 1 aliphatic heterocycles. The molecule has 0 bridgehead atoms. The van der Waals surface area contributed by atoms with Crippen molar-refractivity contribution in [1.82, 2.24) is 0 Å². The molecule has 1 N–H and O–H groups in total. The fourth-order valence-corrected chi connectivity index (χ4v) is 2.94. The highest BCUT2D eigenvalue weighted by Crippen LogP contribution is 2.29. The number of thiophene rings is 1. The van der Waals surface area contributed by atoms with Crippen LogP contribution in [-0.2, 0) is 0 Å². The van der Waals surface area contributed by atoms with E-state index in [4.69, 9.17) is 4.42 Å². The maximum Gasteiger partial charge on any atom is 0.198 e. The Labute approximate surface area is 131 Å². The van der Waals surface area contributed by atoms with Gasteiger partial charge in [0.15, 0.2) is 17.4 Å². The molecule has 0 saturated carbocycles. The minimum atomic E-state index is 0.578. The van der Waals surface area contributed by atoms with Gasteiger partial charge in [-0.3, -0.25) is 0 Å². The molecular formula is C17H13N3OS. The molecule has 3 aromatic rings. The van der Waals surface area contributed by atoms with Crippen LogP contribution in [0.2, 0.25) is 0 Å². The smallest absolute Gasteiger partial charge is 0.198 e. The zero-order chi connectivity index (χ0) is 14.9. The highest BCUT2D eigenvalue weighted by Gasteiger charge is 2.17. The molecule has 22 heavy (non-hydrogen) atoms. The zero-order valence-electron chi connectivity index (χ0n) is 11.9. The quantitative estimate of drug-likeness (QED) is 0.752. The zero-order valence-corrected chi connectivity index (χ0v) is 12.7. The first-order valence-electron chi connectivity index (χ1n) is 6.94.